The molecule has 0 spiro atoms. The van der Waals surface area contributed by atoms with Crippen molar-refractivity contribution in [3.8, 4) is 0 Å². The molecule has 3 N–H and O–H groups in total. The summed E-state index contributed by atoms with van der Waals surface area (Å²) in [6.07, 6.45) is 37.1. The largest absolute Gasteiger partial charge is 0.388 e. The lowest BCUT2D eigenvalue weighted by Crippen LogP contribution is -2.55. The maximum atomic E-state index is 7.23. The van der Waals surface area contributed by atoms with E-state index >= 15 is 0 Å². The van der Waals surface area contributed by atoms with Crippen LogP contribution >= 0.6 is 0 Å². The van der Waals surface area contributed by atoms with Crippen LogP contribution in [-0.4, -0.2) is 358 Å². The molecule has 0 aromatic rings. The molecule has 12 aliphatic rings. The second-order valence-corrected chi connectivity index (χ2v) is 39.9. The number of likely N-dealkylation sites (tertiary alicyclic amines) is 12. The lowest BCUT2D eigenvalue weighted by molar-refractivity contribution is -0.923. The van der Waals surface area contributed by atoms with Crippen LogP contribution in [0.15, 0.2) is 0 Å². The first-order chi connectivity index (χ1) is 50.7. The summed E-state index contributed by atoms with van der Waals surface area (Å²) in [5.41, 5.74) is 5.39. The smallest absolute Gasteiger partial charge is 0.0913 e. The summed E-state index contributed by atoms with van der Waals surface area (Å²) in [5.74, 6) is 1.98. The van der Waals surface area contributed by atoms with E-state index in [4.69, 9.17) is 11.1 Å². The molecule has 0 aliphatic carbocycles. The zero-order chi connectivity index (χ0) is 78.8. The van der Waals surface area contributed by atoms with Gasteiger partial charge in [0.2, 0.25) is 0 Å². The number of nitrogens with zero attached hydrogens (tertiary/aromatic N) is 14. The standard InChI is InChI=1S/C13H27N2.2C13H26N2.C12H24N2.C11H25N2.C10H21N3.C10H22N2.C9H19N/c1-12(2)14-8-6-13(7-9-14)15(3)10-4-5-11-15;2*1-12(2)14-10-6-13(7-11-14)15-8-4-3-5-9-15;1-11(2)13-9-5-12(6-10-13)14-7-3-4-8-14;1-10(2)12-8-6-11(7-9-12)13(3,4)5;1-8(2)13-5-3-9(4-6-13)7-10(11)12;1-9(2)12-7-5-10(6-8-12)11(3)4;1-8(2)10-6-4-9(3)5-7-10/h12-13H,4-11H2,1-3H3;2*12-13H,3-11H2,1-2H3;11-12H,3-10H2,1-2H3;10-11H,6-9H2,1-5H3;8-9H,3-7H2,1-2H3,(H3,11,12);9-10H,5-8H2,1-4H3;8-9H,4-7H2,1-3H3/q+1;;;;+1;;;. The van der Waals surface area contributed by atoms with E-state index < -0.39 is 0 Å². The Morgan fingerprint density at radius 2 is 0.589 bits per heavy atom. The van der Waals surface area contributed by atoms with Crippen molar-refractivity contribution in [3.05, 3.63) is 0 Å². The molecule has 0 saturated carbocycles. The Labute approximate surface area is 668 Å². The minimum Gasteiger partial charge on any atom is -0.388 e. The number of hydrogen-bond acceptors (Lipinski definition) is 13. The molecule has 12 saturated heterocycles. The Hall–Kier alpha value is -1.09. The molecule has 0 radical (unpaired) electrons. The van der Waals surface area contributed by atoms with Crippen molar-refractivity contribution >= 4 is 5.84 Å². The van der Waals surface area contributed by atoms with Gasteiger partial charge < -0.3 is 73.5 Å². The van der Waals surface area contributed by atoms with Gasteiger partial charge in [-0.05, 0) is 370 Å². The number of hydrogen-bond donors (Lipinski definition) is 2. The Bertz CT molecular complexity index is 2110. The van der Waals surface area contributed by atoms with Crippen LogP contribution in [0, 0.1) is 17.2 Å². The second-order valence-electron chi connectivity index (χ2n) is 39.9. The van der Waals surface area contributed by atoms with Crippen LogP contribution in [-0.2, 0) is 0 Å². The normalized spacial score (nSPS) is 25.4. The Morgan fingerprint density at radius 3 is 0.850 bits per heavy atom. The van der Waals surface area contributed by atoms with E-state index in [1.807, 2.05) is 0 Å². The predicted octanol–water partition coefficient (Wildman–Crippen LogP) is 15.3. The monoisotopic (exact) mass is 1510 g/mol. The molecule has 0 aromatic heterocycles. The van der Waals surface area contributed by atoms with Crippen LogP contribution in [0.25, 0.3) is 0 Å². The second kappa shape index (κ2) is 51.1. The van der Waals surface area contributed by atoms with Gasteiger partial charge in [-0.25, -0.2) is 0 Å². The van der Waals surface area contributed by atoms with Crippen molar-refractivity contribution < 1.29 is 8.97 Å². The Morgan fingerprint density at radius 1 is 0.346 bits per heavy atom. The Balaban J connectivity index is 0.000000220. The summed E-state index contributed by atoms with van der Waals surface area (Å²) >= 11 is 0. The lowest BCUT2D eigenvalue weighted by Gasteiger charge is -2.43. The molecule has 16 heteroatoms. The first-order valence-electron chi connectivity index (χ1n) is 46.5. The van der Waals surface area contributed by atoms with Gasteiger partial charge in [0.05, 0.1) is 59.2 Å². The van der Waals surface area contributed by atoms with Crippen molar-refractivity contribution in [1.82, 2.24) is 58.8 Å². The predicted molar refractivity (Wildman–Crippen MR) is 468 cm³/mol. The van der Waals surface area contributed by atoms with Gasteiger partial charge in [-0.3, -0.25) is 5.41 Å². The van der Waals surface area contributed by atoms with Crippen molar-refractivity contribution in [2.45, 2.75) is 376 Å². The van der Waals surface area contributed by atoms with E-state index in [9.17, 15) is 0 Å². The summed E-state index contributed by atoms with van der Waals surface area (Å²) in [6, 6.07) is 11.2. The molecule has 16 nitrogen and oxygen atoms in total. The van der Waals surface area contributed by atoms with Crippen molar-refractivity contribution in [2.24, 2.45) is 17.6 Å². The highest BCUT2D eigenvalue weighted by molar-refractivity contribution is 5.77. The van der Waals surface area contributed by atoms with Gasteiger partial charge in [-0.1, -0.05) is 19.8 Å². The van der Waals surface area contributed by atoms with Crippen molar-refractivity contribution in [1.29, 1.82) is 5.41 Å². The Kier molecular flexibility index (Phi) is 46.1. The molecule has 0 unspecified atom stereocenters. The van der Waals surface area contributed by atoms with Gasteiger partial charge in [0, 0.05) is 144 Å². The highest BCUT2D eigenvalue weighted by Gasteiger charge is 2.39. The zero-order valence-electron chi connectivity index (χ0n) is 76.1. The number of piperidine rings is 10. The quantitative estimate of drug-likeness (QED) is 0.0874. The number of nitrogens with two attached hydrogens (primary N) is 1. The van der Waals surface area contributed by atoms with Crippen LogP contribution in [0.3, 0.4) is 0 Å². The van der Waals surface area contributed by atoms with Gasteiger partial charge in [-0.15, -0.1) is 0 Å². The third kappa shape index (κ3) is 36.3. The summed E-state index contributed by atoms with van der Waals surface area (Å²) < 4.78 is 2.51. The van der Waals surface area contributed by atoms with Crippen molar-refractivity contribution in [3.63, 3.8) is 0 Å². The van der Waals surface area contributed by atoms with Crippen LogP contribution in [0.5, 0.6) is 0 Å². The number of rotatable bonds is 16. The number of amidine groups is 1. The molecule has 0 bridgehead atoms. The highest BCUT2D eigenvalue weighted by Crippen LogP contribution is 2.30. The van der Waals surface area contributed by atoms with E-state index in [0.717, 1.165) is 95.4 Å². The van der Waals surface area contributed by atoms with Crippen LogP contribution in [0.4, 0.5) is 0 Å². The van der Waals surface area contributed by atoms with Gasteiger partial charge >= 0.3 is 0 Å². The van der Waals surface area contributed by atoms with Crippen LogP contribution in [0.2, 0.25) is 0 Å². The van der Waals surface area contributed by atoms with Crippen LogP contribution in [0.1, 0.15) is 291 Å². The topological polar surface area (TPSA) is 88.7 Å². The van der Waals surface area contributed by atoms with E-state index in [0.29, 0.717) is 17.8 Å². The van der Waals surface area contributed by atoms with E-state index in [2.05, 4.69) is 219 Å². The average molecular weight is 1510 g/mol. The zero-order valence-corrected chi connectivity index (χ0v) is 76.1. The summed E-state index contributed by atoms with van der Waals surface area (Å²) in [4.78, 5) is 31.3. The first-order valence-corrected chi connectivity index (χ1v) is 46.5. The molecule has 12 heterocycles. The number of quaternary nitrogens is 2. The molecule has 12 fully saturated rings. The van der Waals surface area contributed by atoms with Gasteiger partial charge in [0.25, 0.3) is 0 Å². The third-order valence-electron chi connectivity index (χ3n) is 28.6. The van der Waals surface area contributed by atoms with Crippen molar-refractivity contribution in [2.75, 3.05) is 199 Å². The maximum Gasteiger partial charge on any atom is 0.0913 e. The van der Waals surface area contributed by atoms with Gasteiger partial charge in [0.15, 0.2) is 0 Å². The molecule has 107 heavy (non-hydrogen) atoms. The van der Waals surface area contributed by atoms with Crippen LogP contribution < -0.4 is 5.73 Å². The lowest BCUT2D eigenvalue weighted by atomic mass is 9.92. The number of nitrogens with one attached hydrogen (secondary N) is 1. The molecular weight excluding hydrogens is 1320 g/mol. The summed E-state index contributed by atoms with van der Waals surface area (Å²) in [6.45, 7) is 70.9. The SMILES string of the molecule is CC(C)N1CCC(CC(=N)N)CC1.CC(C)N1CCC(N(C)C)CC1.CC(C)N1CCC(N2CCCC2)CC1.CC(C)N1CCC(N2CCCCC2)CC1.CC(C)N1CCC(N2CCCCC2)CC1.CC(C)N1CCC([N+](C)(C)C)CC1.CC(C)N1CCC([N+]2(C)CCCC2)CC1.CC1CCN(C(C)C)CC1. The third-order valence-corrected chi connectivity index (χ3v) is 28.6. The van der Waals surface area contributed by atoms with E-state index in [1.165, 1.54) is 328 Å². The fourth-order valence-electron chi connectivity index (χ4n) is 20.0. The molecular formula is C91H190N16+2. The van der Waals surface area contributed by atoms with E-state index in [-0.39, 0.29) is 0 Å². The fraction of sp³-hybridized carbons (Fsp3) is 0.989. The molecule has 0 atom stereocenters. The molecule has 12 aliphatic heterocycles. The van der Waals surface area contributed by atoms with Gasteiger partial charge in [-0.2, -0.15) is 0 Å². The first kappa shape index (κ1) is 96.5. The minimum atomic E-state index is 0.350. The average Bonchev–Trinajstić information content (AvgIpc) is 1.72. The highest BCUT2D eigenvalue weighted by atomic mass is 15.4. The molecule has 632 valence electrons. The minimum absolute atomic E-state index is 0.350. The maximum absolute atomic E-state index is 7.23. The van der Waals surface area contributed by atoms with E-state index in [1.54, 1.807) is 0 Å². The fourth-order valence-corrected chi connectivity index (χ4v) is 20.0. The molecule has 0 aromatic carbocycles. The summed E-state index contributed by atoms with van der Waals surface area (Å²) in [5, 5.41) is 7.23. The summed E-state index contributed by atoms with van der Waals surface area (Å²) in [7, 11) is 13.8. The molecule has 0 amide bonds. The molecule has 12 rings (SSSR count). The van der Waals surface area contributed by atoms with Gasteiger partial charge in [0.1, 0.15) is 0 Å².